The molecule has 0 aromatic heterocycles. The first-order valence-electron chi connectivity index (χ1n) is 4.68. The standard InChI is InChI=1S/C10H21NO/c1-5-6-11-9(8-12)7-10(2,3)4/h8-9,11H,5-7H2,1-4H3. The fourth-order valence-corrected chi connectivity index (χ4v) is 1.16. The predicted octanol–water partition coefficient (Wildman–Crippen LogP) is 1.99. The summed E-state index contributed by atoms with van der Waals surface area (Å²) in [6.07, 6.45) is 3.01. The van der Waals surface area contributed by atoms with Gasteiger partial charge >= 0.3 is 0 Å². The van der Waals surface area contributed by atoms with Crippen LogP contribution in [0.1, 0.15) is 40.5 Å². The highest BCUT2D eigenvalue weighted by Gasteiger charge is 2.16. The van der Waals surface area contributed by atoms with Crippen molar-refractivity contribution in [2.45, 2.75) is 46.6 Å². The molecule has 0 aliphatic carbocycles. The summed E-state index contributed by atoms with van der Waals surface area (Å²) in [5.74, 6) is 0. The van der Waals surface area contributed by atoms with Crippen molar-refractivity contribution in [2.24, 2.45) is 5.41 Å². The van der Waals surface area contributed by atoms with Crippen LogP contribution in [0, 0.1) is 5.41 Å². The molecule has 0 rings (SSSR count). The molecule has 0 aromatic rings. The maximum absolute atomic E-state index is 10.6. The van der Waals surface area contributed by atoms with Crippen molar-refractivity contribution < 1.29 is 4.79 Å². The molecule has 1 N–H and O–H groups in total. The van der Waals surface area contributed by atoms with Crippen LogP contribution < -0.4 is 5.32 Å². The summed E-state index contributed by atoms with van der Waals surface area (Å²) in [5.41, 5.74) is 0.228. The Bertz CT molecular complexity index is 126. The molecule has 0 heterocycles. The summed E-state index contributed by atoms with van der Waals surface area (Å²) in [6.45, 7) is 9.48. The number of hydrogen-bond donors (Lipinski definition) is 1. The molecule has 1 atom stereocenters. The molecule has 0 spiro atoms. The molecule has 2 heteroatoms. The number of carbonyl (C=O) groups excluding carboxylic acids is 1. The molecule has 1 unspecified atom stereocenters. The topological polar surface area (TPSA) is 29.1 Å². The van der Waals surface area contributed by atoms with Crippen molar-refractivity contribution >= 4 is 6.29 Å². The lowest BCUT2D eigenvalue weighted by Crippen LogP contribution is -2.34. The van der Waals surface area contributed by atoms with E-state index in [9.17, 15) is 4.79 Å². The Morgan fingerprint density at radius 1 is 1.42 bits per heavy atom. The van der Waals surface area contributed by atoms with E-state index >= 15 is 0 Å². The third kappa shape index (κ3) is 6.35. The number of rotatable bonds is 5. The highest BCUT2D eigenvalue weighted by Crippen LogP contribution is 2.19. The molecule has 72 valence electrons. The molecule has 12 heavy (non-hydrogen) atoms. The summed E-state index contributed by atoms with van der Waals surface area (Å²) in [4.78, 5) is 10.6. The van der Waals surface area contributed by atoms with Gasteiger partial charge in [0.2, 0.25) is 0 Å². The van der Waals surface area contributed by atoms with Gasteiger partial charge in [0.05, 0.1) is 6.04 Å². The molecule has 0 saturated carbocycles. The summed E-state index contributed by atoms with van der Waals surface area (Å²) in [5, 5.41) is 3.21. The molecule has 2 nitrogen and oxygen atoms in total. The van der Waals surface area contributed by atoms with Gasteiger partial charge in [-0.15, -0.1) is 0 Å². The third-order valence-corrected chi connectivity index (χ3v) is 1.65. The average molecular weight is 171 g/mol. The highest BCUT2D eigenvalue weighted by molar-refractivity contribution is 5.57. The van der Waals surface area contributed by atoms with Gasteiger partial charge < -0.3 is 10.1 Å². The van der Waals surface area contributed by atoms with Crippen LogP contribution >= 0.6 is 0 Å². The van der Waals surface area contributed by atoms with Crippen molar-refractivity contribution in [3.05, 3.63) is 0 Å². The Balaban J connectivity index is 3.75. The first-order chi connectivity index (χ1) is 5.49. The largest absolute Gasteiger partial charge is 0.308 e. The van der Waals surface area contributed by atoms with Crippen LogP contribution in [0.3, 0.4) is 0 Å². The monoisotopic (exact) mass is 171 g/mol. The Morgan fingerprint density at radius 3 is 2.33 bits per heavy atom. The molecule has 0 saturated heterocycles. The summed E-state index contributed by atoms with van der Waals surface area (Å²) < 4.78 is 0. The molecule has 0 aliphatic rings. The van der Waals surface area contributed by atoms with Gasteiger partial charge in [0.15, 0.2) is 0 Å². The minimum atomic E-state index is 0.0324. The minimum absolute atomic E-state index is 0.0324. The second-order valence-corrected chi connectivity index (χ2v) is 4.46. The Hall–Kier alpha value is -0.370. The van der Waals surface area contributed by atoms with E-state index < -0.39 is 0 Å². The first kappa shape index (κ1) is 11.6. The predicted molar refractivity (Wildman–Crippen MR) is 52.2 cm³/mol. The lowest BCUT2D eigenvalue weighted by Gasteiger charge is -2.22. The second-order valence-electron chi connectivity index (χ2n) is 4.46. The van der Waals surface area contributed by atoms with Crippen molar-refractivity contribution in [1.82, 2.24) is 5.32 Å². The molecule has 0 radical (unpaired) electrons. The van der Waals surface area contributed by atoms with E-state index in [2.05, 4.69) is 33.0 Å². The summed E-state index contributed by atoms with van der Waals surface area (Å²) in [7, 11) is 0. The fourth-order valence-electron chi connectivity index (χ4n) is 1.16. The van der Waals surface area contributed by atoms with Gasteiger partial charge in [-0.05, 0) is 24.8 Å². The molecule has 0 amide bonds. The summed E-state index contributed by atoms with van der Waals surface area (Å²) >= 11 is 0. The second kappa shape index (κ2) is 5.31. The zero-order valence-electron chi connectivity index (χ0n) is 8.68. The normalized spacial score (nSPS) is 14.3. The first-order valence-corrected chi connectivity index (χ1v) is 4.68. The smallest absolute Gasteiger partial charge is 0.136 e. The van der Waals surface area contributed by atoms with Crippen LogP contribution in [-0.4, -0.2) is 18.9 Å². The molecule has 0 fully saturated rings. The van der Waals surface area contributed by atoms with Crippen LogP contribution in [0.2, 0.25) is 0 Å². The average Bonchev–Trinajstić information content (AvgIpc) is 1.95. The van der Waals surface area contributed by atoms with Gasteiger partial charge in [0.1, 0.15) is 6.29 Å². The quantitative estimate of drug-likeness (QED) is 0.641. The Kier molecular flexibility index (Phi) is 5.14. The molecule has 0 bridgehead atoms. The van der Waals surface area contributed by atoms with Gasteiger partial charge in [-0.25, -0.2) is 0 Å². The lowest BCUT2D eigenvalue weighted by atomic mass is 9.88. The van der Waals surface area contributed by atoms with E-state index in [-0.39, 0.29) is 11.5 Å². The number of aldehydes is 1. The maximum Gasteiger partial charge on any atom is 0.136 e. The molecular formula is C10H21NO. The molecule has 0 aromatic carbocycles. The van der Waals surface area contributed by atoms with Gasteiger partial charge in [-0.3, -0.25) is 0 Å². The van der Waals surface area contributed by atoms with Gasteiger partial charge in [0.25, 0.3) is 0 Å². The van der Waals surface area contributed by atoms with E-state index in [4.69, 9.17) is 0 Å². The van der Waals surface area contributed by atoms with E-state index in [0.717, 1.165) is 25.7 Å². The van der Waals surface area contributed by atoms with E-state index in [0.29, 0.717) is 0 Å². The zero-order chi connectivity index (χ0) is 9.61. The highest BCUT2D eigenvalue weighted by atomic mass is 16.1. The number of nitrogens with one attached hydrogen (secondary N) is 1. The van der Waals surface area contributed by atoms with Crippen LogP contribution in [0.25, 0.3) is 0 Å². The van der Waals surface area contributed by atoms with Crippen molar-refractivity contribution in [2.75, 3.05) is 6.54 Å². The van der Waals surface area contributed by atoms with Crippen molar-refractivity contribution in [1.29, 1.82) is 0 Å². The fraction of sp³-hybridized carbons (Fsp3) is 0.900. The maximum atomic E-state index is 10.6. The van der Waals surface area contributed by atoms with E-state index in [1.165, 1.54) is 0 Å². The third-order valence-electron chi connectivity index (χ3n) is 1.65. The van der Waals surface area contributed by atoms with Gasteiger partial charge in [-0.2, -0.15) is 0 Å². The SMILES string of the molecule is CCCNC(C=O)CC(C)(C)C. The lowest BCUT2D eigenvalue weighted by molar-refractivity contribution is -0.110. The molecule has 0 aliphatic heterocycles. The Morgan fingerprint density at radius 2 is 2.00 bits per heavy atom. The minimum Gasteiger partial charge on any atom is -0.308 e. The summed E-state index contributed by atoms with van der Waals surface area (Å²) in [6, 6.07) is 0.0324. The van der Waals surface area contributed by atoms with Gasteiger partial charge in [-0.1, -0.05) is 27.7 Å². The van der Waals surface area contributed by atoms with Crippen LogP contribution in [-0.2, 0) is 4.79 Å². The number of hydrogen-bond acceptors (Lipinski definition) is 2. The van der Waals surface area contributed by atoms with Crippen molar-refractivity contribution in [3.8, 4) is 0 Å². The van der Waals surface area contributed by atoms with Crippen LogP contribution in [0.15, 0.2) is 0 Å². The van der Waals surface area contributed by atoms with Crippen molar-refractivity contribution in [3.63, 3.8) is 0 Å². The number of carbonyl (C=O) groups is 1. The van der Waals surface area contributed by atoms with E-state index in [1.54, 1.807) is 0 Å². The molecular weight excluding hydrogens is 150 g/mol. The Labute approximate surface area is 75.7 Å². The zero-order valence-corrected chi connectivity index (χ0v) is 8.68. The van der Waals surface area contributed by atoms with Crippen LogP contribution in [0.5, 0.6) is 0 Å². The van der Waals surface area contributed by atoms with Gasteiger partial charge in [0, 0.05) is 0 Å². The van der Waals surface area contributed by atoms with E-state index in [1.807, 2.05) is 0 Å². The van der Waals surface area contributed by atoms with Crippen LogP contribution in [0.4, 0.5) is 0 Å².